The summed E-state index contributed by atoms with van der Waals surface area (Å²) in [7, 11) is -4.06. The fourth-order valence-corrected chi connectivity index (χ4v) is 3.61. The Balaban J connectivity index is 2.47. The Kier molecular flexibility index (Phi) is 4.43. The molecule has 0 radical (unpaired) electrons. The maximum absolute atomic E-state index is 14.1. The highest BCUT2D eigenvalue weighted by Crippen LogP contribution is 2.31. The van der Waals surface area contributed by atoms with Gasteiger partial charge in [-0.25, -0.2) is 17.5 Å². The van der Waals surface area contributed by atoms with Crippen molar-refractivity contribution in [3.05, 3.63) is 28.1 Å². The summed E-state index contributed by atoms with van der Waals surface area (Å²) >= 11 is 0. The lowest BCUT2D eigenvalue weighted by molar-refractivity contribution is -0.385. The molecule has 0 heterocycles. The maximum Gasteiger partial charge on any atom is 0.274 e. The van der Waals surface area contributed by atoms with E-state index < -0.39 is 31.3 Å². The number of nitro benzene ring substituents is 1. The van der Waals surface area contributed by atoms with Gasteiger partial charge in [0.2, 0.25) is 10.0 Å². The van der Waals surface area contributed by atoms with Crippen molar-refractivity contribution in [1.29, 1.82) is 0 Å². The molecule has 7 nitrogen and oxygen atoms in total. The number of nitrogens with zero attached hydrogens (tertiary/aromatic N) is 1. The summed E-state index contributed by atoms with van der Waals surface area (Å²) in [6.07, 6.45) is 2.35. The minimum absolute atomic E-state index is 0.101. The van der Waals surface area contributed by atoms with Gasteiger partial charge in [-0.15, -0.1) is 0 Å². The zero-order valence-electron chi connectivity index (χ0n) is 11.4. The molecule has 0 atom stereocenters. The lowest BCUT2D eigenvalue weighted by Gasteiger charge is -2.26. The molecule has 0 aromatic heterocycles. The molecule has 2 rings (SSSR count). The molecule has 0 bridgehead atoms. The standard InChI is InChI=1S/C12H16FN3O4S/c1-2-14-11-7-9(16(17)18)6-10(13)12(11)21(19,20)15-8-4-3-5-8/h6-8,14-15H,2-5H2,1H3. The van der Waals surface area contributed by atoms with E-state index in [-0.39, 0.29) is 11.7 Å². The van der Waals surface area contributed by atoms with Crippen molar-refractivity contribution in [2.45, 2.75) is 37.1 Å². The number of benzene rings is 1. The van der Waals surface area contributed by atoms with Crippen LogP contribution in [-0.2, 0) is 10.0 Å². The number of hydrogen-bond acceptors (Lipinski definition) is 5. The van der Waals surface area contributed by atoms with Crippen LogP contribution in [-0.4, -0.2) is 25.9 Å². The van der Waals surface area contributed by atoms with Crippen LogP contribution in [0, 0.1) is 15.9 Å². The van der Waals surface area contributed by atoms with Gasteiger partial charge in [-0.1, -0.05) is 6.42 Å². The fraction of sp³-hybridized carbons (Fsp3) is 0.500. The van der Waals surface area contributed by atoms with Crippen molar-refractivity contribution in [3.8, 4) is 0 Å². The van der Waals surface area contributed by atoms with Crippen LogP contribution in [0.3, 0.4) is 0 Å². The van der Waals surface area contributed by atoms with Crippen molar-refractivity contribution in [1.82, 2.24) is 4.72 Å². The molecular formula is C12H16FN3O4S. The second kappa shape index (κ2) is 5.94. The van der Waals surface area contributed by atoms with Crippen LogP contribution >= 0.6 is 0 Å². The molecule has 9 heteroatoms. The second-order valence-electron chi connectivity index (χ2n) is 4.84. The van der Waals surface area contributed by atoms with Gasteiger partial charge in [0.1, 0.15) is 4.90 Å². The third kappa shape index (κ3) is 3.30. The van der Waals surface area contributed by atoms with Gasteiger partial charge in [-0.2, -0.15) is 0 Å². The number of halogens is 1. The highest BCUT2D eigenvalue weighted by molar-refractivity contribution is 7.89. The highest BCUT2D eigenvalue weighted by Gasteiger charge is 2.30. The molecule has 1 aromatic carbocycles. The molecule has 1 saturated carbocycles. The number of anilines is 1. The predicted octanol–water partition coefficient (Wildman–Crippen LogP) is 2.00. The fourth-order valence-electron chi connectivity index (χ4n) is 2.08. The SMILES string of the molecule is CCNc1cc([N+](=O)[O-])cc(F)c1S(=O)(=O)NC1CCC1. The molecule has 21 heavy (non-hydrogen) atoms. The van der Waals surface area contributed by atoms with Gasteiger partial charge < -0.3 is 5.32 Å². The molecule has 1 aliphatic rings. The first-order valence-corrected chi connectivity index (χ1v) is 8.07. The predicted molar refractivity (Wildman–Crippen MR) is 75.2 cm³/mol. The van der Waals surface area contributed by atoms with Gasteiger partial charge in [0.25, 0.3) is 5.69 Å². The third-order valence-electron chi connectivity index (χ3n) is 3.30. The third-order valence-corrected chi connectivity index (χ3v) is 4.90. The van der Waals surface area contributed by atoms with Gasteiger partial charge >= 0.3 is 0 Å². The van der Waals surface area contributed by atoms with Crippen molar-refractivity contribution in [3.63, 3.8) is 0 Å². The van der Waals surface area contributed by atoms with Gasteiger partial charge in [0, 0.05) is 18.7 Å². The van der Waals surface area contributed by atoms with E-state index in [2.05, 4.69) is 10.0 Å². The van der Waals surface area contributed by atoms with E-state index in [0.717, 1.165) is 12.5 Å². The summed E-state index contributed by atoms with van der Waals surface area (Å²) in [6.45, 7) is 2.00. The first kappa shape index (κ1) is 15.6. The van der Waals surface area contributed by atoms with Gasteiger partial charge in [-0.3, -0.25) is 10.1 Å². The number of non-ortho nitro benzene ring substituents is 1. The lowest BCUT2D eigenvalue weighted by Crippen LogP contribution is -2.40. The molecule has 0 amide bonds. The molecule has 2 N–H and O–H groups in total. The topological polar surface area (TPSA) is 101 Å². The van der Waals surface area contributed by atoms with Crippen LogP contribution in [0.1, 0.15) is 26.2 Å². The summed E-state index contributed by atoms with van der Waals surface area (Å²) in [5.74, 6) is -1.13. The highest BCUT2D eigenvalue weighted by atomic mass is 32.2. The second-order valence-corrected chi connectivity index (χ2v) is 6.49. The molecule has 0 spiro atoms. The van der Waals surface area contributed by atoms with Crippen molar-refractivity contribution >= 4 is 21.4 Å². The van der Waals surface area contributed by atoms with Crippen LogP contribution in [0.2, 0.25) is 0 Å². The van der Waals surface area contributed by atoms with E-state index in [1.807, 2.05) is 0 Å². The monoisotopic (exact) mass is 317 g/mol. The molecule has 0 unspecified atom stereocenters. The summed E-state index contributed by atoms with van der Waals surface area (Å²) in [4.78, 5) is 9.42. The Morgan fingerprint density at radius 3 is 2.57 bits per heavy atom. The van der Waals surface area contributed by atoms with Crippen LogP contribution in [0.4, 0.5) is 15.8 Å². The zero-order valence-corrected chi connectivity index (χ0v) is 12.2. The zero-order chi connectivity index (χ0) is 15.6. The van der Waals surface area contributed by atoms with Crippen molar-refractivity contribution in [2.75, 3.05) is 11.9 Å². The van der Waals surface area contributed by atoms with Crippen LogP contribution in [0.25, 0.3) is 0 Å². The Morgan fingerprint density at radius 1 is 1.43 bits per heavy atom. The average molecular weight is 317 g/mol. The summed E-state index contributed by atoms with van der Waals surface area (Å²) in [5.41, 5.74) is -0.595. The quantitative estimate of drug-likeness (QED) is 0.617. The van der Waals surface area contributed by atoms with Crippen LogP contribution in [0.5, 0.6) is 0 Å². The largest absolute Gasteiger partial charge is 0.384 e. The molecule has 116 valence electrons. The van der Waals surface area contributed by atoms with E-state index in [0.29, 0.717) is 25.5 Å². The summed E-state index contributed by atoms with van der Waals surface area (Å²) < 4.78 is 41.1. The molecular weight excluding hydrogens is 301 g/mol. The van der Waals surface area contributed by atoms with Crippen molar-refractivity contribution < 1.29 is 17.7 Å². The van der Waals surface area contributed by atoms with E-state index in [1.54, 1.807) is 6.92 Å². The average Bonchev–Trinajstić information content (AvgIpc) is 2.33. The first-order chi connectivity index (χ1) is 9.85. The van der Waals surface area contributed by atoms with Crippen LogP contribution < -0.4 is 10.0 Å². The number of hydrogen-bond donors (Lipinski definition) is 2. The van der Waals surface area contributed by atoms with E-state index in [1.165, 1.54) is 0 Å². The van der Waals surface area contributed by atoms with E-state index in [4.69, 9.17) is 0 Å². The Labute approximate surface area is 121 Å². The lowest BCUT2D eigenvalue weighted by atomic mass is 9.94. The Bertz CT molecular complexity index is 659. The van der Waals surface area contributed by atoms with E-state index in [9.17, 15) is 22.9 Å². The van der Waals surface area contributed by atoms with Gasteiger partial charge in [0.05, 0.1) is 16.7 Å². The number of sulfonamides is 1. The van der Waals surface area contributed by atoms with Crippen molar-refractivity contribution in [2.24, 2.45) is 0 Å². The summed E-state index contributed by atoms with van der Waals surface area (Å²) in [5, 5.41) is 13.4. The molecule has 1 aromatic rings. The van der Waals surface area contributed by atoms with Crippen LogP contribution in [0.15, 0.2) is 17.0 Å². The van der Waals surface area contributed by atoms with E-state index >= 15 is 0 Å². The molecule has 0 aliphatic heterocycles. The summed E-state index contributed by atoms with van der Waals surface area (Å²) in [6, 6.07) is 1.46. The molecule has 1 aliphatic carbocycles. The minimum Gasteiger partial charge on any atom is -0.384 e. The van der Waals surface area contributed by atoms with Gasteiger partial charge in [0.15, 0.2) is 5.82 Å². The van der Waals surface area contributed by atoms with Gasteiger partial charge in [-0.05, 0) is 19.8 Å². The number of nitro groups is 1. The molecule has 1 fully saturated rings. The number of nitrogens with one attached hydrogen (secondary N) is 2. The first-order valence-electron chi connectivity index (χ1n) is 6.59. The normalized spacial score (nSPS) is 15.5. The Morgan fingerprint density at radius 2 is 2.10 bits per heavy atom. The maximum atomic E-state index is 14.1. The smallest absolute Gasteiger partial charge is 0.274 e. The Hall–Kier alpha value is -1.74. The number of rotatable bonds is 6. The minimum atomic E-state index is -4.06. The molecule has 0 saturated heterocycles.